The van der Waals surface area contributed by atoms with Gasteiger partial charge in [-0.25, -0.2) is 15.0 Å². The molecule has 0 fully saturated rings. The molecular formula is C20H18BrClN4O. The fourth-order valence-electron chi connectivity index (χ4n) is 3.24. The summed E-state index contributed by atoms with van der Waals surface area (Å²) in [5, 5.41) is 0.708. The quantitative estimate of drug-likeness (QED) is 0.591. The summed E-state index contributed by atoms with van der Waals surface area (Å²) in [7, 11) is 1.65. The topological polar surface area (TPSA) is 51.1 Å². The number of hydrogen-bond donors (Lipinski definition) is 0. The smallest absolute Gasteiger partial charge is 0.217 e. The highest BCUT2D eigenvalue weighted by molar-refractivity contribution is 9.10. The van der Waals surface area contributed by atoms with Gasteiger partial charge in [0, 0.05) is 52.7 Å². The van der Waals surface area contributed by atoms with Crippen molar-refractivity contribution in [3.8, 4) is 17.3 Å². The minimum Gasteiger partial charge on any atom is -0.481 e. The summed E-state index contributed by atoms with van der Waals surface area (Å²) in [5.74, 6) is 1.39. The molecule has 1 aliphatic heterocycles. The first-order valence-electron chi connectivity index (χ1n) is 8.64. The molecule has 27 heavy (non-hydrogen) atoms. The summed E-state index contributed by atoms with van der Waals surface area (Å²) in [6, 6.07) is 9.67. The van der Waals surface area contributed by atoms with Gasteiger partial charge in [0.15, 0.2) is 5.82 Å². The molecule has 0 unspecified atom stereocenters. The zero-order valence-electron chi connectivity index (χ0n) is 14.8. The molecule has 4 rings (SSSR count). The van der Waals surface area contributed by atoms with Crippen molar-refractivity contribution in [1.82, 2.24) is 19.9 Å². The minimum atomic E-state index is 0.661. The number of methoxy groups -OCH3 is 1. The van der Waals surface area contributed by atoms with E-state index in [0.717, 1.165) is 53.2 Å². The Labute approximate surface area is 171 Å². The normalized spacial score (nSPS) is 14.0. The van der Waals surface area contributed by atoms with Gasteiger partial charge in [-0.05, 0) is 58.2 Å². The van der Waals surface area contributed by atoms with Gasteiger partial charge >= 0.3 is 0 Å². The number of benzene rings is 1. The Kier molecular flexibility index (Phi) is 5.38. The summed E-state index contributed by atoms with van der Waals surface area (Å²) < 4.78 is 6.35. The highest BCUT2D eigenvalue weighted by atomic mass is 79.9. The van der Waals surface area contributed by atoms with E-state index in [4.69, 9.17) is 21.3 Å². The van der Waals surface area contributed by atoms with Crippen molar-refractivity contribution in [3.05, 3.63) is 69.0 Å². The predicted octanol–water partition coefficient (Wildman–Crippen LogP) is 4.52. The van der Waals surface area contributed by atoms with Crippen molar-refractivity contribution in [2.45, 2.75) is 19.5 Å². The van der Waals surface area contributed by atoms with Gasteiger partial charge in [0.25, 0.3) is 0 Å². The van der Waals surface area contributed by atoms with Gasteiger partial charge in [0.2, 0.25) is 5.88 Å². The molecule has 0 saturated carbocycles. The Morgan fingerprint density at radius 1 is 1.19 bits per heavy atom. The summed E-state index contributed by atoms with van der Waals surface area (Å²) in [6.45, 7) is 2.48. The van der Waals surface area contributed by atoms with Crippen LogP contribution in [-0.4, -0.2) is 33.5 Å². The van der Waals surface area contributed by atoms with Crippen molar-refractivity contribution in [1.29, 1.82) is 0 Å². The van der Waals surface area contributed by atoms with E-state index in [0.29, 0.717) is 10.9 Å². The van der Waals surface area contributed by atoms with Crippen LogP contribution in [0.3, 0.4) is 0 Å². The number of rotatable bonds is 4. The zero-order chi connectivity index (χ0) is 18.8. The Balaban J connectivity index is 1.56. The van der Waals surface area contributed by atoms with Crippen LogP contribution in [0.15, 0.2) is 47.2 Å². The largest absolute Gasteiger partial charge is 0.481 e. The highest BCUT2D eigenvalue weighted by Gasteiger charge is 2.20. The number of nitrogens with zero attached hydrogens (tertiary/aromatic N) is 4. The number of halogens is 2. The minimum absolute atomic E-state index is 0.661. The molecule has 0 amide bonds. The lowest BCUT2D eigenvalue weighted by molar-refractivity contribution is 0.236. The third-order valence-electron chi connectivity index (χ3n) is 4.61. The van der Waals surface area contributed by atoms with Crippen LogP contribution in [0, 0.1) is 0 Å². The highest BCUT2D eigenvalue weighted by Crippen LogP contribution is 2.26. The second-order valence-corrected chi connectivity index (χ2v) is 7.81. The molecule has 0 atom stereocenters. The monoisotopic (exact) mass is 444 g/mol. The maximum absolute atomic E-state index is 5.98. The van der Waals surface area contributed by atoms with E-state index in [9.17, 15) is 0 Å². The molecule has 1 aromatic carbocycles. The van der Waals surface area contributed by atoms with E-state index >= 15 is 0 Å². The number of aromatic nitrogens is 3. The van der Waals surface area contributed by atoms with Gasteiger partial charge in [-0.2, -0.15) is 0 Å². The van der Waals surface area contributed by atoms with E-state index in [-0.39, 0.29) is 0 Å². The van der Waals surface area contributed by atoms with Crippen LogP contribution >= 0.6 is 27.5 Å². The third kappa shape index (κ3) is 4.13. The first kappa shape index (κ1) is 18.3. The molecule has 0 radical (unpaired) electrons. The first-order chi connectivity index (χ1) is 13.1. The second kappa shape index (κ2) is 7.92. The van der Waals surface area contributed by atoms with Gasteiger partial charge < -0.3 is 4.74 Å². The van der Waals surface area contributed by atoms with Crippen molar-refractivity contribution in [3.63, 3.8) is 0 Å². The molecule has 3 heterocycles. The van der Waals surface area contributed by atoms with E-state index in [2.05, 4.69) is 36.9 Å². The number of ether oxygens (including phenoxy) is 1. The van der Waals surface area contributed by atoms with Gasteiger partial charge in [0.1, 0.15) is 0 Å². The summed E-state index contributed by atoms with van der Waals surface area (Å²) >= 11 is 9.47. The van der Waals surface area contributed by atoms with E-state index in [1.54, 1.807) is 13.3 Å². The predicted molar refractivity (Wildman–Crippen MR) is 109 cm³/mol. The van der Waals surface area contributed by atoms with Gasteiger partial charge in [-0.3, -0.25) is 4.90 Å². The van der Waals surface area contributed by atoms with Crippen LogP contribution in [0.2, 0.25) is 5.02 Å². The molecule has 0 aliphatic carbocycles. The lowest BCUT2D eigenvalue weighted by Crippen LogP contribution is -2.31. The van der Waals surface area contributed by atoms with Gasteiger partial charge in [0.05, 0.1) is 12.8 Å². The number of fused-ring (bicyclic) bond motifs is 1. The molecule has 0 spiro atoms. The van der Waals surface area contributed by atoms with Crippen molar-refractivity contribution in [2.24, 2.45) is 0 Å². The van der Waals surface area contributed by atoms with Crippen molar-refractivity contribution >= 4 is 27.5 Å². The lowest BCUT2D eigenvalue weighted by atomic mass is 10.1. The Hall–Kier alpha value is -2.02. The van der Waals surface area contributed by atoms with Crippen LogP contribution in [0.1, 0.15) is 16.8 Å². The number of hydrogen-bond acceptors (Lipinski definition) is 5. The molecule has 138 valence electrons. The molecule has 0 saturated heterocycles. The summed E-state index contributed by atoms with van der Waals surface area (Å²) in [6.07, 6.45) is 4.63. The maximum Gasteiger partial charge on any atom is 0.217 e. The standard InChI is InChI=1S/C20H18BrClN4O/c1-27-20-15(8-16(21)10-24-20)11-26-7-6-14-9-23-19(25-18(14)12-26)13-2-4-17(22)5-3-13/h2-5,8-10H,6-7,11-12H2,1H3. The summed E-state index contributed by atoms with van der Waals surface area (Å²) in [5.41, 5.74) is 4.31. The molecule has 0 N–H and O–H groups in total. The zero-order valence-corrected chi connectivity index (χ0v) is 17.2. The summed E-state index contributed by atoms with van der Waals surface area (Å²) in [4.78, 5) is 16.0. The maximum atomic E-state index is 5.98. The fourth-order valence-corrected chi connectivity index (χ4v) is 3.74. The van der Waals surface area contributed by atoms with Crippen LogP contribution < -0.4 is 4.74 Å². The molecule has 1 aliphatic rings. The molecule has 0 bridgehead atoms. The second-order valence-electron chi connectivity index (χ2n) is 6.46. The fraction of sp³-hybridized carbons (Fsp3) is 0.250. The van der Waals surface area contributed by atoms with Crippen molar-refractivity contribution in [2.75, 3.05) is 13.7 Å². The number of pyridine rings is 1. The molecule has 3 aromatic rings. The van der Waals surface area contributed by atoms with Gasteiger partial charge in [-0.15, -0.1) is 0 Å². The molecular weight excluding hydrogens is 428 g/mol. The van der Waals surface area contributed by atoms with Crippen LogP contribution in [0.5, 0.6) is 5.88 Å². The average Bonchev–Trinajstić information content (AvgIpc) is 2.68. The Morgan fingerprint density at radius 2 is 2.00 bits per heavy atom. The van der Waals surface area contributed by atoms with E-state index in [1.807, 2.05) is 30.5 Å². The van der Waals surface area contributed by atoms with Crippen LogP contribution in [0.25, 0.3) is 11.4 Å². The molecule has 2 aromatic heterocycles. The lowest BCUT2D eigenvalue weighted by Gasteiger charge is -2.28. The SMILES string of the molecule is COc1ncc(Br)cc1CN1CCc2cnc(-c3ccc(Cl)cc3)nc2C1. The molecule has 7 heteroatoms. The first-order valence-corrected chi connectivity index (χ1v) is 9.81. The Bertz CT molecular complexity index is 965. The third-order valence-corrected chi connectivity index (χ3v) is 5.29. The molecule has 5 nitrogen and oxygen atoms in total. The van der Waals surface area contributed by atoms with Gasteiger partial charge in [-0.1, -0.05) is 11.6 Å². The van der Waals surface area contributed by atoms with E-state index in [1.165, 1.54) is 5.56 Å². The Morgan fingerprint density at radius 3 is 2.78 bits per heavy atom. The average molecular weight is 446 g/mol. The van der Waals surface area contributed by atoms with Crippen molar-refractivity contribution < 1.29 is 4.74 Å². The van der Waals surface area contributed by atoms with E-state index < -0.39 is 0 Å². The van der Waals surface area contributed by atoms with Crippen LogP contribution in [-0.2, 0) is 19.5 Å². The van der Waals surface area contributed by atoms with Crippen LogP contribution in [0.4, 0.5) is 0 Å².